The average molecular weight is 379 g/mol. The molecule has 1 aromatic rings. The number of ether oxygens (including phenoxy) is 3. The fourth-order valence-corrected chi connectivity index (χ4v) is 3.92. The van der Waals surface area contributed by atoms with Crippen molar-refractivity contribution < 1.29 is 24.1 Å². The molecule has 0 radical (unpaired) electrons. The van der Waals surface area contributed by atoms with Gasteiger partial charge >= 0.3 is 0 Å². The van der Waals surface area contributed by atoms with E-state index in [0.29, 0.717) is 26.4 Å². The minimum Gasteiger partial charge on any atom is -0.491 e. The lowest BCUT2D eigenvalue weighted by molar-refractivity contribution is -0.128. The van der Waals surface area contributed by atoms with Gasteiger partial charge in [-0.2, -0.15) is 0 Å². The van der Waals surface area contributed by atoms with E-state index in [2.05, 4.69) is 12.2 Å². The van der Waals surface area contributed by atoms with Gasteiger partial charge in [0.1, 0.15) is 12.4 Å². The molecule has 0 heterocycles. The number of nitrogens with one attached hydrogen (secondary N) is 1. The van der Waals surface area contributed by atoms with Crippen LogP contribution in [0.25, 0.3) is 0 Å². The van der Waals surface area contributed by atoms with E-state index in [1.807, 2.05) is 19.9 Å². The lowest BCUT2D eigenvalue weighted by Gasteiger charge is -2.36. The van der Waals surface area contributed by atoms with Crippen LogP contribution in [0.4, 0.5) is 0 Å². The number of hydrogen-bond acceptors (Lipinski definition) is 5. The van der Waals surface area contributed by atoms with Crippen LogP contribution in [0.15, 0.2) is 6.07 Å². The van der Waals surface area contributed by atoms with Crippen LogP contribution in [-0.4, -0.2) is 51.6 Å². The molecule has 6 heteroatoms. The van der Waals surface area contributed by atoms with Gasteiger partial charge in [-0.15, -0.1) is 0 Å². The molecule has 0 saturated heterocycles. The van der Waals surface area contributed by atoms with Crippen molar-refractivity contribution in [2.24, 2.45) is 11.8 Å². The molecule has 0 saturated carbocycles. The molecule has 1 aliphatic carbocycles. The van der Waals surface area contributed by atoms with Gasteiger partial charge in [-0.05, 0) is 55.0 Å². The predicted octanol–water partition coefficient (Wildman–Crippen LogP) is 2.32. The largest absolute Gasteiger partial charge is 0.491 e. The van der Waals surface area contributed by atoms with Crippen molar-refractivity contribution in [1.29, 1.82) is 0 Å². The highest BCUT2D eigenvalue weighted by Crippen LogP contribution is 2.43. The monoisotopic (exact) mass is 379 g/mol. The highest BCUT2D eigenvalue weighted by Gasteiger charge is 2.37. The van der Waals surface area contributed by atoms with Gasteiger partial charge in [-0.3, -0.25) is 4.79 Å². The molecule has 2 rings (SSSR count). The van der Waals surface area contributed by atoms with E-state index in [1.54, 1.807) is 14.2 Å². The molecular weight excluding hydrogens is 346 g/mol. The Balaban J connectivity index is 2.21. The van der Waals surface area contributed by atoms with E-state index in [4.69, 9.17) is 14.2 Å². The SMILES string of the molecule is COCCNC(=O)C(C)C1CCc2c(C)cc(OCCOC)c(C)c2C1O. The number of carbonyl (C=O) groups excluding carboxylic acids is 1. The van der Waals surface area contributed by atoms with Crippen LogP contribution in [0, 0.1) is 25.7 Å². The van der Waals surface area contributed by atoms with E-state index < -0.39 is 6.10 Å². The van der Waals surface area contributed by atoms with Gasteiger partial charge < -0.3 is 24.6 Å². The molecule has 1 aliphatic rings. The molecule has 0 aliphatic heterocycles. The third-order valence-electron chi connectivity index (χ3n) is 5.56. The van der Waals surface area contributed by atoms with E-state index in [0.717, 1.165) is 35.3 Å². The van der Waals surface area contributed by atoms with E-state index in [9.17, 15) is 9.90 Å². The third-order valence-corrected chi connectivity index (χ3v) is 5.56. The Morgan fingerprint density at radius 1 is 1.26 bits per heavy atom. The number of hydrogen-bond donors (Lipinski definition) is 2. The second kappa shape index (κ2) is 10.1. The maximum Gasteiger partial charge on any atom is 0.223 e. The Labute approximate surface area is 162 Å². The highest BCUT2D eigenvalue weighted by atomic mass is 16.5. The van der Waals surface area contributed by atoms with Crippen LogP contribution < -0.4 is 10.1 Å². The number of rotatable bonds is 9. The van der Waals surface area contributed by atoms with Crippen molar-refractivity contribution >= 4 is 5.91 Å². The first-order valence-corrected chi connectivity index (χ1v) is 9.61. The van der Waals surface area contributed by atoms with Crippen LogP contribution in [-0.2, 0) is 20.7 Å². The number of benzene rings is 1. The number of aliphatic hydroxyl groups excluding tert-OH is 1. The fraction of sp³-hybridized carbons (Fsp3) is 0.667. The van der Waals surface area contributed by atoms with Crippen LogP contribution in [0.5, 0.6) is 5.75 Å². The first kappa shape index (κ1) is 21.7. The molecule has 0 fully saturated rings. The normalized spacial score (nSPS) is 20.1. The number of aryl methyl sites for hydroxylation is 1. The minimum absolute atomic E-state index is 0.0403. The summed E-state index contributed by atoms with van der Waals surface area (Å²) in [7, 11) is 3.25. The van der Waals surface area contributed by atoms with Gasteiger partial charge in [0.15, 0.2) is 0 Å². The molecule has 3 unspecified atom stereocenters. The van der Waals surface area contributed by atoms with Crippen LogP contribution in [0.3, 0.4) is 0 Å². The van der Waals surface area contributed by atoms with Gasteiger partial charge in [0.2, 0.25) is 5.91 Å². The second-order valence-electron chi connectivity index (χ2n) is 7.27. The smallest absolute Gasteiger partial charge is 0.223 e. The van der Waals surface area contributed by atoms with Crippen molar-refractivity contribution in [3.63, 3.8) is 0 Å². The van der Waals surface area contributed by atoms with E-state index >= 15 is 0 Å². The van der Waals surface area contributed by atoms with Crippen LogP contribution in [0.1, 0.15) is 41.7 Å². The van der Waals surface area contributed by atoms with Crippen molar-refractivity contribution in [3.8, 4) is 5.75 Å². The molecule has 0 bridgehead atoms. The first-order chi connectivity index (χ1) is 12.9. The van der Waals surface area contributed by atoms with Gasteiger partial charge in [0.25, 0.3) is 0 Å². The second-order valence-corrected chi connectivity index (χ2v) is 7.27. The van der Waals surface area contributed by atoms with Gasteiger partial charge in [0, 0.05) is 32.6 Å². The van der Waals surface area contributed by atoms with E-state index in [-0.39, 0.29) is 17.7 Å². The molecule has 2 N–H and O–H groups in total. The lowest BCUT2D eigenvalue weighted by Crippen LogP contribution is -2.39. The number of amides is 1. The Bertz CT molecular complexity index is 646. The highest BCUT2D eigenvalue weighted by molar-refractivity contribution is 5.78. The zero-order valence-electron chi connectivity index (χ0n) is 17.1. The predicted molar refractivity (Wildman–Crippen MR) is 104 cm³/mol. The Morgan fingerprint density at radius 2 is 1.96 bits per heavy atom. The summed E-state index contributed by atoms with van der Waals surface area (Å²) >= 11 is 0. The summed E-state index contributed by atoms with van der Waals surface area (Å²) in [5.74, 6) is 0.344. The molecular formula is C21H33NO5. The Kier molecular flexibility index (Phi) is 8.07. The van der Waals surface area contributed by atoms with Crippen molar-refractivity contribution in [2.75, 3.05) is 40.6 Å². The first-order valence-electron chi connectivity index (χ1n) is 9.61. The summed E-state index contributed by atoms with van der Waals surface area (Å²) < 4.78 is 15.9. The zero-order valence-corrected chi connectivity index (χ0v) is 17.1. The van der Waals surface area contributed by atoms with Crippen molar-refractivity contribution in [3.05, 3.63) is 28.3 Å². The number of fused-ring (bicyclic) bond motifs is 1. The molecule has 152 valence electrons. The van der Waals surface area contributed by atoms with Crippen LogP contribution in [0.2, 0.25) is 0 Å². The third kappa shape index (κ3) is 5.00. The van der Waals surface area contributed by atoms with Gasteiger partial charge in [0.05, 0.1) is 19.3 Å². The topological polar surface area (TPSA) is 77.0 Å². The zero-order chi connectivity index (χ0) is 20.0. The molecule has 0 aromatic heterocycles. The molecule has 1 amide bonds. The summed E-state index contributed by atoms with van der Waals surface area (Å²) in [4.78, 5) is 12.5. The molecule has 27 heavy (non-hydrogen) atoms. The quantitative estimate of drug-likeness (QED) is 0.644. The summed E-state index contributed by atoms with van der Waals surface area (Å²) in [5, 5.41) is 14.0. The molecule has 1 aromatic carbocycles. The standard InChI is InChI=1S/C21H33NO5/c1-13-12-18(27-11-10-26-5)15(3)19-16(13)6-7-17(20(19)23)14(2)21(24)22-8-9-25-4/h12,14,17,20,23H,6-11H2,1-5H3,(H,22,24). The van der Waals surface area contributed by atoms with E-state index in [1.165, 1.54) is 5.56 Å². The summed E-state index contributed by atoms with van der Waals surface area (Å²) in [6, 6.07) is 2.04. The van der Waals surface area contributed by atoms with Crippen molar-refractivity contribution in [1.82, 2.24) is 5.32 Å². The van der Waals surface area contributed by atoms with Crippen LogP contribution >= 0.6 is 0 Å². The van der Waals surface area contributed by atoms with Gasteiger partial charge in [-0.25, -0.2) is 0 Å². The molecule has 0 spiro atoms. The summed E-state index contributed by atoms with van der Waals surface area (Å²) in [5.41, 5.74) is 4.19. The fourth-order valence-electron chi connectivity index (χ4n) is 3.92. The number of aliphatic hydroxyl groups is 1. The maximum absolute atomic E-state index is 12.5. The summed E-state index contributed by atoms with van der Waals surface area (Å²) in [6.45, 7) is 7.86. The average Bonchev–Trinajstić information content (AvgIpc) is 2.65. The Hall–Kier alpha value is -1.63. The lowest BCUT2D eigenvalue weighted by atomic mass is 9.72. The minimum atomic E-state index is -0.679. The van der Waals surface area contributed by atoms with Gasteiger partial charge in [-0.1, -0.05) is 6.92 Å². The number of methoxy groups -OCH3 is 2. The molecule has 6 nitrogen and oxygen atoms in total. The number of carbonyl (C=O) groups is 1. The summed E-state index contributed by atoms with van der Waals surface area (Å²) in [6.07, 6.45) is 0.969. The van der Waals surface area contributed by atoms with Crippen molar-refractivity contribution in [2.45, 2.75) is 39.7 Å². The molecule has 3 atom stereocenters. The Morgan fingerprint density at radius 3 is 2.63 bits per heavy atom. The maximum atomic E-state index is 12.5.